The van der Waals surface area contributed by atoms with Gasteiger partial charge in [0.2, 0.25) is 0 Å². The van der Waals surface area contributed by atoms with Crippen LogP contribution in [0.3, 0.4) is 0 Å². The van der Waals surface area contributed by atoms with Gasteiger partial charge in [-0.3, -0.25) is 19.2 Å². The van der Waals surface area contributed by atoms with Crippen molar-refractivity contribution < 1.29 is 47.7 Å². The molecule has 16 nitrogen and oxygen atoms in total. The molecule has 0 saturated heterocycles. The molecule has 0 radical (unpaired) electrons. The molecule has 338 valence electrons. The van der Waals surface area contributed by atoms with Crippen LogP contribution in [0.25, 0.3) is 14.5 Å². The molecule has 6 rings (SSSR count). The van der Waals surface area contributed by atoms with Gasteiger partial charge in [-0.15, -0.1) is 0 Å². The summed E-state index contributed by atoms with van der Waals surface area (Å²) >= 11 is 7.40. The molecule has 3 aliphatic heterocycles. The number of fused-ring (bicyclic) bond motifs is 3. The Labute approximate surface area is 414 Å². The lowest BCUT2D eigenvalue weighted by Crippen LogP contribution is -2.07. The second-order valence-corrected chi connectivity index (χ2v) is 19.8. The molecule has 3 heterocycles. The zero-order valence-electron chi connectivity index (χ0n) is 36.0. The number of carbonyl (C=O) groups excluding carboxylic acids is 6. The summed E-state index contributed by atoms with van der Waals surface area (Å²) in [6.45, 7) is 30.3. The standard InChI is InChI=1S/C20H12N2O6S2.C14H8N2O4S2.C12H8N2S2/c1-11(23)4-8-16(25)27-14-6-7-15(28-17(26)9-5-12(2)24)19-18(14)29-20(30-19)13(10-21)22-3;1-7(17)19-10-4-5-11(20-8(2)18)13-12(10)21-14(22-13)9(6-15)16-3;1-7-4-5-8(2)11-10(7)15-12(16-11)9(6-13)14-3/h4-9H,1-2H3;4-5H,1-2H3;4-5H,1-2H3/b8-4+,9-5+;;. The highest BCUT2D eigenvalue weighted by Crippen LogP contribution is 2.60. The van der Waals surface area contributed by atoms with E-state index >= 15 is 0 Å². The minimum Gasteiger partial charge on any atom is -0.425 e. The first-order chi connectivity index (χ1) is 32.4. The predicted molar refractivity (Wildman–Crippen MR) is 255 cm³/mol. The summed E-state index contributed by atoms with van der Waals surface area (Å²) in [5.41, 5.74) is 2.38. The third kappa shape index (κ3) is 14.1. The topological polar surface area (TPSA) is 224 Å². The van der Waals surface area contributed by atoms with Gasteiger partial charge in [-0.05, 0) is 75.2 Å². The smallest absolute Gasteiger partial charge is 0.336 e. The zero-order chi connectivity index (χ0) is 50.2. The van der Waals surface area contributed by atoms with E-state index in [4.69, 9.17) is 54.4 Å². The van der Waals surface area contributed by atoms with Crippen molar-refractivity contribution in [3.63, 3.8) is 0 Å². The number of hydrogen-bond donors (Lipinski definition) is 0. The van der Waals surface area contributed by atoms with Gasteiger partial charge in [0, 0.05) is 35.8 Å². The van der Waals surface area contributed by atoms with E-state index in [-0.39, 0.29) is 40.2 Å². The monoisotopic (exact) mass is 1020 g/mol. The van der Waals surface area contributed by atoms with Crippen LogP contribution in [0.1, 0.15) is 38.8 Å². The number of benzene rings is 3. The van der Waals surface area contributed by atoms with Crippen LogP contribution in [0.15, 0.2) is 120 Å². The van der Waals surface area contributed by atoms with Gasteiger partial charge in [0.15, 0.2) is 11.6 Å². The van der Waals surface area contributed by atoms with Crippen LogP contribution in [0.5, 0.6) is 23.0 Å². The maximum Gasteiger partial charge on any atom is 0.336 e. The van der Waals surface area contributed by atoms with Gasteiger partial charge in [0.05, 0.1) is 70.2 Å². The second kappa shape index (κ2) is 24.9. The van der Waals surface area contributed by atoms with Crippen molar-refractivity contribution in [2.24, 2.45) is 0 Å². The molecule has 3 aromatic carbocycles. The van der Waals surface area contributed by atoms with E-state index in [2.05, 4.69) is 40.5 Å². The Morgan fingerprint density at radius 3 is 0.956 bits per heavy atom. The highest BCUT2D eigenvalue weighted by molar-refractivity contribution is 8.25. The summed E-state index contributed by atoms with van der Waals surface area (Å²) in [5.74, 6) is -2.42. The van der Waals surface area contributed by atoms with E-state index in [9.17, 15) is 28.8 Å². The van der Waals surface area contributed by atoms with Gasteiger partial charge in [0.25, 0.3) is 17.1 Å². The lowest BCUT2D eigenvalue weighted by Gasteiger charge is -2.10. The van der Waals surface area contributed by atoms with Crippen molar-refractivity contribution in [2.45, 2.75) is 70.9 Å². The van der Waals surface area contributed by atoms with Gasteiger partial charge in [-0.2, -0.15) is 0 Å². The van der Waals surface area contributed by atoms with Crippen LogP contribution < -0.4 is 18.9 Å². The Morgan fingerprint density at radius 1 is 0.456 bits per heavy atom. The number of esters is 4. The number of ketones is 2. The lowest BCUT2D eigenvalue weighted by molar-refractivity contribution is -0.133. The molecule has 0 aliphatic carbocycles. The second-order valence-electron chi connectivity index (χ2n) is 12.9. The summed E-state index contributed by atoms with van der Waals surface area (Å²) in [6.07, 6.45) is 4.05. The van der Waals surface area contributed by atoms with E-state index in [1.54, 1.807) is 29.6 Å². The molecule has 3 aromatic rings. The minimum atomic E-state index is -0.796. The van der Waals surface area contributed by atoms with Gasteiger partial charge in [-0.1, -0.05) is 82.7 Å². The largest absolute Gasteiger partial charge is 0.425 e. The van der Waals surface area contributed by atoms with Crippen LogP contribution in [0.2, 0.25) is 0 Å². The first kappa shape index (κ1) is 53.2. The quantitative estimate of drug-likeness (QED) is 0.0672. The molecule has 0 atom stereocenters. The number of allylic oxidation sites excluding steroid dienone is 5. The SMILES string of the molecule is [C-]#[N+]C(C#N)=C1Sc2c(C)ccc(C)c2S1.[C-]#[N+]C(C#N)=C1Sc2c(OC(=O)/C=C/C(C)=O)ccc(OC(=O)/C=C/C(C)=O)c2S1.[C-]#[N+]C(C#N)=C1Sc2c(OC(C)=O)ccc(OC(C)=O)c2S1. The molecule has 0 amide bonds. The predicted octanol–water partition coefficient (Wildman–Crippen LogP) is 11.1. The van der Waals surface area contributed by atoms with Crippen LogP contribution in [0, 0.1) is 67.6 Å². The maximum absolute atomic E-state index is 11.9. The van der Waals surface area contributed by atoms with Crippen LogP contribution in [-0.4, -0.2) is 35.4 Å². The van der Waals surface area contributed by atoms with Crippen molar-refractivity contribution in [1.82, 2.24) is 0 Å². The summed E-state index contributed by atoms with van der Waals surface area (Å²) in [6, 6.07) is 15.5. The highest BCUT2D eigenvalue weighted by Gasteiger charge is 2.31. The lowest BCUT2D eigenvalue weighted by atomic mass is 10.2. The van der Waals surface area contributed by atoms with Gasteiger partial charge in [0.1, 0.15) is 23.0 Å². The Kier molecular flexibility index (Phi) is 19.5. The average Bonchev–Trinajstić information content (AvgIpc) is 4.06. The van der Waals surface area contributed by atoms with Crippen LogP contribution >= 0.6 is 70.6 Å². The molecule has 0 saturated carbocycles. The van der Waals surface area contributed by atoms with Gasteiger partial charge < -0.3 is 18.9 Å². The zero-order valence-corrected chi connectivity index (χ0v) is 40.9. The normalized spacial score (nSPS) is 12.3. The van der Waals surface area contributed by atoms with Crippen molar-refractivity contribution in [2.75, 3.05) is 0 Å². The Balaban J connectivity index is 0.000000233. The third-order valence-corrected chi connectivity index (χ3v) is 15.9. The van der Waals surface area contributed by atoms with Crippen molar-refractivity contribution in [1.29, 1.82) is 15.8 Å². The number of aryl methyl sites for hydroxylation is 2. The number of ether oxygens (including phenoxy) is 4. The van der Waals surface area contributed by atoms with Gasteiger partial charge >= 0.3 is 23.9 Å². The third-order valence-electron chi connectivity index (χ3n) is 7.82. The van der Waals surface area contributed by atoms with Crippen LogP contribution in [-0.2, 0) is 28.8 Å². The number of carbonyl (C=O) groups is 6. The molecular weight excluding hydrogens is 989 g/mol. The molecular formula is C46H28N6O10S6. The number of nitriles is 3. The Bertz CT molecular complexity index is 2930. The molecule has 0 bridgehead atoms. The molecule has 68 heavy (non-hydrogen) atoms. The first-order valence-electron chi connectivity index (χ1n) is 18.6. The van der Waals surface area contributed by atoms with E-state index < -0.39 is 23.9 Å². The van der Waals surface area contributed by atoms with E-state index in [1.165, 1.54) is 72.9 Å². The molecule has 22 heteroatoms. The van der Waals surface area contributed by atoms with E-state index in [1.807, 2.05) is 12.1 Å². The van der Waals surface area contributed by atoms with E-state index in [0.29, 0.717) is 39.6 Å². The van der Waals surface area contributed by atoms with Crippen LogP contribution in [0.4, 0.5) is 0 Å². The number of rotatable bonds is 8. The van der Waals surface area contributed by atoms with Crippen molar-refractivity contribution in [3.8, 4) is 41.2 Å². The number of hydrogen-bond acceptors (Lipinski definition) is 19. The molecule has 0 N–H and O–H groups in total. The summed E-state index contributed by atoms with van der Waals surface area (Å²) in [5, 5.41) is 27.0. The first-order valence-corrected chi connectivity index (χ1v) is 23.5. The fourth-order valence-corrected chi connectivity index (χ4v) is 12.6. The fraction of sp³-hybridized carbons (Fsp3) is 0.130. The van der Waals surface area contributed by atoms with Gasteiger partial charge in [-0.25, -0.2) is 39.9 Å². The van der Waals surface area contributed by atoms with Crippen molar-refractivity contribution in [3.05, 3.63) is 136 Å². The molecule has 0 spiro atoms. The molecule has 0 fully saturated rings. The molecule has 3 aliphatic rings. The summed E-state index contributed by atoms with van der Waals surface area (Å²) < 4.78 is 22.3. The molecule has 0 aromatic heterocycles. The number of nitrogens with zero attached hydrogens (tertiary/aromatic N) is 6. The molecule has 0 unspecified atom stereocenters. The fourth-order valence-electron chi connectivity index (χ4n) is 5.00. The minimum absolute atomic E-state index is 0.0613. The Hall–Kier alpha value is -7.38. The van der Waals surface area contributed by atoms with E-state index in [0.717, 1.165) is 75.6 Å². The highest BCUT2D eigenvalue weighted by atomic mass is 32.2. The maximum atomic E-state index is 11.9. The van der Waals surface area contributed by atoms with Crippen molar-refractivity contribution >= 4 is 106 Å². The number of thioether (sulfide) groups is 6. The summed E-state index contributed by atoms with van der Waals surface area (Å²) in [4.78, 5) is 82.0. The Morgan fingerprint density at radius 2 is 0.721 bits per heavy atom. The summed E-state index contributed by atoms with van der Waals surface area (Å²) in [7, 11) is 0. The average molecular weight is 1020 g/mol.